The van der Waals surface area contributed by atoms with E-state index in [2.05, 4.69) is 33.1 Å². The molecule has 1 heterocycles. The van der Waals surface area contributed by atoms with Gasteiger partial charge in [-0.2, -0.15) is 0 Å². The van der Waals surface area contributed by atoms with Crippen LogP contribution >= 0.6 is 15.9 Å². The van der Waals surface area contributed by atoms with Crippen molar-refractivity contribution in [3.8, 4) is 0 Å². The van der Waals surface area contributed by atoms with Crippen molar-refractivity contribution in [3.05, 3.63) is 28.2 Å². The van der Waals surface area contributed by atoms with Gasteiger partial charge in [0.25, 0.3) is 0 Å². The van der Waals surface area contributed by atoms with Gasteiger partial charge in [-0.25, -0.2) is 4.79 Å². The molecule has 1 aliphatic heterocycles. The van der Waals surface area contributed by atoms with Crippen LogP contribution in [0.2, 0.25) is 0 Å². The van der Waals surface area contributed by atoms with Crippen molar-refractivity contribution in [3.63, 3.8) is 0 Å². The average molecular weight is 327 g/mol. The summed E-state index contributed by atoms with van der Waals surface area (Å²) in [4.78, 5) is 13.4. The number of carboxylic acids is 1. The third-order valence-electron chi connectivity index (χ3n) is 3.56. The van der Waals surface area contributed by atoms with E-state index in [0.717, 1.165) is 29.8 Å². The second-order valence-electron chi connectivity index (χ2n) is 4.96. The standard InChI is InChI=1S/C14H19BrN2O2/c1-2-17-4-3-10(9-17)8-16-13-6-11(14(18)19)5-12(15)7-13/h5-7,10,16H,2-4,8-9H2,1H3,(H,18,19). The van der Waals surface area contributed by atoms with Gasteiger partial charge in [-0.15, -0.1) is 0 Å². The summed E-state index contributed by atoms with van der Waals surface area (Å²) in [5.74, 6) is -0.255. The van der Waals surface area contributed by atoms with E-state index < -0.39 is 5.97 Å². The summed E-state index contributed by atoms with van der Waals surface area (Å²) in [5, 5.41) is 12.4. The van der Waals surface area contributed by atoms with Crippen LogP contribution in [0.3, 0.4) is 0 Å². The van der Waals surface area contributed by atoms with Gasteiger partial charge in [-0.3, -0.25) is 0 Å². The number of anilines is 1. The fourth-order valence-corrected chi connectivity index (χ4v) is 2.94. The summed E-state index contributed by atoms with van der Waals surface area (Å²) in [5.41, 5.74) is 1.17. The molecule has 1 fully saturated rings. The molecule has 0 aromatic heterocycles. The van der Waals surface area contributed by atoms with E-state index in [-0.39, 0.29) is 0 Å². The summed E-state index contributed by atoms with van der Waals surface area (Å²) >= 11 is 3.34. The molecule has 0 amide bonds. The van der Waals surface area contributed by atoms with E-state index in [0.29, 0.717) is 11.5 Å². The highest BCUT2D eigenvalue weighted by molar-refractivity contribution is 9.10. The first-order valence-corrected chi connectivity index (χ1v) is 7.38. The molecule has 4 nitrogen and oxygen atoms in total. The lowest BCUT2D eigenvalue weighted by molar-refractivity contribution is 0.0697. The monoisotopic (exact) mass is 326 g/mol. The van der Waals surface area contributed by atoms with Crippen molar-refractivity contribution < 1.29 is 9.90 Å². The van der Waals surface area contributed by atoms with Gasteiger partial charge in [-0.1, -0.05) is 22.9 Å². The molecule has 2 N–H and O–H groups in total. The van der Waals surface area contributed by atoms with Gasteiger partial charge >= 0.3 is 5.97 Å². The number of likely N-dealkylation sites (tertiary alicyclic amines) is 1. The second kappa shape index (κ2) is 6.39. The van der Waals surface area contributed by atoms with Crippen molar-refractivity contribution >= 4 is 27.6 Å². The van der Waals surface area contributed by atoms with Crippen molar-refractivity contribution in [1.29, 1.82) is 0 Å². The summed E-state index contributed by atoms with van der Waals surface area (Å²) in [6.45, 7) is 6.48. The Labute approximate surface area is 121 Å². The smallest absolute Gasteiger partial charge is 0.335 e. The first-order valence-electron chi connectivity index (χ1n) is 6.58. The molecule has 1 aliphatic rings. The van der Waals surface area contributed by atoms with Crippen LogP contribution in [-0.4, -0.2) is 42.2 Å². The molecule has 1 saturated heterocycles. The average Bonchev–Trinajstić information content (AvgIpc) is 2.83. The van der Waals surface area contributed by atoms with Crippen molar-refractivity contribution in [2.75, 3.05) is 31.5 Å². The molecule has 19 heavy (non-hydrogen) atoms. The van der Waals surface area contributed by atoms with Crippen molar-refractivity contribution in [1.82, 2.24) is 4.90 Å². The quantitative estimate of drug-likeness (QED) is 0.873. The van der Waals surface area contributed by atoms with E-state index in [4.69, 9.17) is 5.11 Å². The van der Waals surface area contributed by atoms with E-state index in [1.807, 2.05) is 6.07 Å². The number of carbonyl (C=O) groups is 1. The molecule has 1 atom stereocenters. The van der Waals surface area contributed by atoms with Gasteiger partial charge in [-0.05, 0) is 43.6 Å². The van der Waals surface area contributed by atoms with E-state index in [1.165, 1.54) is 13.0 Å². The number of carboxylic acid groups (broad SMARTS) is 1. The molecule has 1 aromatic carbocycles. The fraction of sp³-hybridized carbons (Fsp3) is 0.500. The summed E-state index contributed by atoms with van der Waals surface area (Å²) in [7, 11) is 0. The maximum atomic E-state index is 11.0. The number of hydrogen-bond donors (Lipinski definition) is 2. The van der Waals surface area contributed by atoms with E-state index in [9.17, 15) is 4.79 Å². The second-order valence-corrected chi connectivity index (χ2v) is 5.88. The molecule has 1 aromatic rings. The SMILES string of the molecule is CCN1CCC(CNc2cc(Br)cc(C(=O)O)c2)C1. The number of nitrogens with zero attached hydrogens (tertiary/aromatic N) is 1. The van der Waals surface area contributed by atoms with Gasteiger partial charge in [0.05, 0.1) is 5.56 Å². The lowest BCUT2D eigenvalue weighted by Gasteiger charge is -2.15. The highest BCUT2D eigenvalue weighted by atomic mass is 79.9. The Balaban J connectivity index is 1.94. The Hall–Kier alpha value is -1.07. The predicted molar refractivity (Wildman–Crippen MR) is 79.8 cm³/mol. The number of aromatic carboxylic acids is 1. The minimum absolute atomic E-state index is 0.304. The molecular formula is C14H19BrN2O2. The molecule has 104 valence electrons. The van der Waals surface area contributed by atoms with Crippen LogP contribution in [0.25, 0.3) is 0 Å². The number of halogens is 1. The van der Waals surface area contributed by atoms with Crippen LogP contribution in [0, 0.1) is 5.92 Å². The number of benzene rings is 1. The van der Waals surface area contributed by atoms with Gasteiger partial charge in [0.1, 0.15) is 0 Å². The minimum atomic E-state index is -0.901. The maximum absolute atomic E-state index is 11.0. The topological polar surface area (TPSA) is 52.6 Å². The molecule has 0 saturated carbocycles. The Morgan fingerprint density at radius 1 is 1.53 bits per heavy atom. The fourth-order valence-electron chi connectivity index (χ4n) is 2.44. The summed E-state index contributed by atoms with van der Waals surface area (Å²) in [6, 6.07) is 5.21. The summed E-state index contributed by atoms with van der Waals surface area (Å²) < 4.78 is 0.788. The Morgan fingerprint density at radius 2 is 2.32 bits per heavy atom. The van der Waals surface area contributed by atoms with E-state index in [1.54, 1.807) is 12.1 Å². The van der Waals surface area contributed by atoms with E-state index >= 15 is 0 Å². The molecule has 0 spiro atoms. The molecular weight excluding hydrogens is 308 g/mol. The Kier molecular flexibility index (Phi) is 4.82. The highest BCUT2D eigenvalue weighted by Crippen LogP contribution is 2.21. The zero-order valence-corrected chi connectivity index (χ0v) is 12.6. The van der Waals surface area contributed by atoms with Crippen LogP contribution in [0.15, 0.2) is 22.7 Å². The predicted octanol–water partition coefficient (Wildman–Crippen LogP) is 2.90. The van der Waals surface area contributed by atoms with Crippen LogP contribution in [0.5, 0.6) is 0 Å². The first-order chi connectivity index (χ1) is 9.08. The number of rotatable bonds is 5. The van der Waals surface area contributed by atoms with Crippen LogP contribution in [0.1, 0.15) is 23.7 Å². The van der Waals surface area contributed by atoms with Crippen molar-refractivity contribution in [2.24, 2.45) is 5.92 Å². The molecule has 0 bridgehead atoms. The highest BCUT2D eigenvalue weighted by Gasteiger charge is 2.20. The van der Waals surface area contributed by atoms with Gasteiger partial charge in [0.15, 0.2) is 0 Å². The molecule has 5 heteroatoms. The molecule has 0 aliphatic carbocycles. The lowest BCUT2D eigenvalue weighted by atomic mass is 10.1. The summed E-state index contributed by atoms with van der Waals surface area (Å²) in [6.07, 6.45) is 1.21. The zero-order valence-electron chi connectivity index (χ0n) is 11.0. The Bertz CT molecular complexity index is 465. The normalized spacial score (nSPS) is 19.6. The Morgan fingerprint density at radius 3 is 2.95 bits per heavy atom. The number of hydrogen-bond acceptors (Lipinski definition) is 3. The third-order valence-corrected chi connectivity index (χ3v) is 4.01. The lowest BCUT2D eigenvalue weighted by Crippen LogP contribution is -2.22. The molecule has 0 radical (unpaired) electrons. The molecule has 2 rings (SSSR count). The van der Waals surface area contributed by atoms with Gasteiger partial charge < -0.3 is 15.3 Å². The van der Waals surface area contributed by atoms with Gasteiger partial charge in [0.2, 0.25) is 0 Å². The third kappa shape index (κ3) is 3.94. The van der Waals surface area contributed by atoms with Crippen molar-refractivity contribution in [2.45, 2.75) is 13.3 Å². The van der Waals surface area contributed by atoms with Gasteiger partial charge in [0, 0.05) is 23.2 Å². The zero-order chi connectivity index (χ0) is 13.8. The number of nitrogens with one attached hydrogen (secondary N) is 1. The van der Waals surface area contributed by atoms with Crippen LogP contribution in [-0.2, 0) is 0 Å². The molecule has 1 unspecified atom stereocenters. The minimum Gasteiger partial charge on any atom is -0.478 e. The largest absolute Gasteiger partial charge is 0.478 e. The van der Waals surface area contributed by atoms with Crippen LogP contribution < -0.4 is 5.32 Å². The maximum Gasteiger partial charge on any atom is 0.335 e. The first kappa shape index (κ1) is 14.3. The van der Waals surface area contributed by atoms with Crippen LogP contribution in [0.4, 0.5) is 5.69 Å².